The van der Waals surface area contributed by atoms with Gasteiger partial charge in [0.05, 0.1) is 10.2 Å². The standard InChI is InChI=1S/C33H46N4O4S/c1-3-36(27-12-10-11-24(2)21-27)31(39)23-37-28-17-20-42-30(28)22-29(37)33(41)35-26-15-13-25(14-16-26)32(40)34-18-8-6-4-5-7-9-19-38/h10-12,17,20-22,25-26,38H,3-9,13-16,18-19,23H2,1-2H3,(H,34,40)(H,35,41). The Morgan fingerprint density at radius 3 is 2.45 bits per heavy atom. The van der Waals surface area contributed by atoms with Gasteiger partial charge in [0.25, 0.3) is 5.91 Å². The number of aliphatic hydroxyl groups is 1. The van der Waals surface area contributed by atoms with Gasteiger partial charge in [-0.15, -0.1) is 11.3 Å². The van der Waals surface area contributed by atoms with Crippen LogP contribution in [0.2, 0.25) is 0 Å². The van der Waals surface area contributed by atoms with Crippen LogP contribution in [-0.2, 0) is 16.1 Å². The largest absolute Gasteiger partial charge is 0.396 e. The molecule has 9 heteroatoms. The Labute approximate surface area is 253 Å². The van der Waals surface area contributed by atoms with Gasteiger partial charge < -0.3 is 25.2 Å². The zero-order valence-electron chi connectivity index (χ0n) is 25.1. The highest BCUT2D eigenvalue weighted by atomic mass is 32.1. The van der Waals surface area contributed by atoms with Crippen molar-refractivity contribution in [3.8, 4) is 0 Å². The average molecular weight is 595 g/mol. The molecule has 0 radical (unpaired) electrons. The van der Waals surface area contributed by atoms with Crippen molar-refractivity contribution < 1.29 is 19.5 Å². The molecule has 0 saturated heterocycles. The molecule has 0 aliphatic heterocycles. The third kappa shape index (κ3) is 8.44. The van der Waals surface area contributed by atoms with Crippen LogP contribution in [0.4, 0.5) is 5.69 Å². The highest BCUT2D eigenvalue weighted by Gasteiger charge is 2.28. The summed E-state index contributed by atoms with van der Waals surface area (Å²) in [6, 6.07) is 11.8. The molecule has 1 aliphatic carbocycles. The van der Waals surface area contributed by atoms with Crippen LogP contribution in [0.15, 0.2) is 41.8 Å². The lowest BCUT2D eigenvalue weighted by atomic mass is 9.85. The number of aliphatic hydroxyl groups excluding tert-OH is 1. The molecular weight excluding hydrogens is 548 g/mol. The van der Waals surface area contributed by atoms with E-state index in [1.165, 1.54) is 0 Å². The molecule has 2 aromatic heterocycles. The predicted molar refractivity (Wildman–Crippen MR) is 170 cm³/mol. The van der Waals surface area contributed by atoms with Crippen LogP contribution >= 0.6 is 11.3 Å². The maximum absolute atomic E-state index is 13.5. The summed E-state index contributed by atoms with van der Waals surface area (Å²) in [6.07, 6.45) is 9.33. The van der Waals surface area contributed by atoms with Crippen molar-refractivity contribution in [3.05, 3.63) is 53.0 Å². The summed E-state index contributed by atoms with van der Waals surface area (Å²) >= 11 is 1.56. The highest BCUT2D eigenvalue weighted by Crippen LogP contribution is 2.28. The number of rotatable bonds is 15. The number of aromatic nitrogens is 1. The highest BCUT2D eigenvalue weighted by molar-refractivity contribution is 7.17. The lowest BCUT2D eigenvalue weighted by Gasteiger charge is -2.28. The smallest absolute Gasteiger partial charge is 0.268 e. The molecule has 1 aromatic carbocycles. The summed E-state index contributed by atoms with van der Waals surface area (Å²) in [6.45, 7) is 5.57. The van der Waals surface area contributed by atoms with E-state index in [1.807, 2.05) is 60.2 Å². The third-order valence-electron chi connectivity index (χ3n) is 8.30. The van der Waals surface area contributed by atoms with Crippen molar-refractivity contribution in [3.63, 3.8) is 0 Å². The number of hydrogen-bond donors (Lipinski definition) is 3. The minimum atomic E-state index is -0.170. The molecule has 2 heterocycles. The van der Waals surface area contributed by atoms with Crippen molar-refractivity contribution in [1.29, 1.82) is 0 Å². The molecule has 3 N–H and O–H groups in total. The van der Waals surface area contributed by atoms with Crippen LogP contribution in [0.3, 0.4) is 0 Å². The van der Waals surface area contributed by atoms with Crippen LogP contribution in [0.5, 0.6) is 0 Å². The molecule has 0 spiro atoms. The molecule has 0 unspecified atom stereocenters. The van der Waals surface area contributed by atoms with Gasteiger partial charge >= 0.3 is 0 Å². The zero-order valence-corrected chi connectivity index (χ0v) is 25.9. The van der Waals surface area contributed by atoms with Gasteiger partial charge in [-0.05, 0) is 87.6 Å². The van der Waals surface area contributed by atoms with Crippen LogP contribution in [0.1, 0.15) is 87.2 Å². The van der Waals surface area contributed by atoms with Gasteiger partial charge in [-0.3, -0.25) is 14.4 Å². The number of likely N-dealkylation sites (N-methyl/N-ethyl adjacent to an activating group) is 1. The van der Waals surface area contributed by atoms with Gasteiger partial charge in [-0.2, -0.15) is 0 Å². The number of carbonyl (C=O) groups excluding carboxylic acids is 3. The lowest BCUT2D eigenvalue weighted by Crippen LogP contribution is -2.42. The summed E-state index contributed by atoms with van der Waals surface area (Å²) in [5.41, 5.74) is 3.34. The van der Waals surface area contributed by atoms with E-state index >= 15 is 0 Å². The number of nitrogens with zero attached hydrogens (tertiary/aromatic N) is 2. The maximum atomic E-state index is 13.5. The van der Waals surface area contributed by atoms with Gasteiger partial charge in [-0.1, -0.05) is 37.8 Å². The van der Waals surface area contributed by atoms with E-state index in [-0.39, 0.29) is 42.8 Å². The number of benzene rings is 1. The van der Waals surface area contributed by atoms with Crippen molar-refractivity contribution in [1.82, 2.24) is 15.2 Å². The first-order valence-electron chi connectivity index (χ1n) is 15.5. The summed E-state index contributed by atoms with van der Waals surface area (Å²) in [5.74, 6) is -0.108. The van der Waals surface area contributed by atoms with Crippen LogP contribution in [-0.4, -0.2) is 53.1 Å². The third-order valence-corrected chi connectivity index (χ3v) is 9.15. The Balaban J connectivity index is 1.29. The fourth-order valence-electron chi connectivity index (χ4n) is 5.91. The van der Waals surface area contributed by atoms with Gasteiger partial charge in [0.1, 0.15) is 12.2 Å². The van der Waals surface area contributed by atoms with E-state index in [9.17, 15) is 14.4 Å². The quantitative estimate of drug-likeness (QED) is 0.194. The van der Waals surface area contributed by atoms with Crippen LogP contribution < -0.4 is 15.5 Å². The fourth-order valence-corrected chi connectivity index (χ4v) is 6.74. The minimum Gasteiger partial charge on any atom is -0.396 e. The molecule has 3 amide bonds. The number of aryl methyl sites for hydroxylation is 1. The second-order valence-corrected chi connectivity index (χ2v) is 12.4. The number of carbonyl (C=O) groups is 3. The van der Waals surface area contributed by atoms with Crippen molar-refractivity contribution in [2.24, 2.45) is 5.92 Å². The second kappa shape index (κ2) is 15.9. The zero-order chi connectivity index (χ0) is 29.9. The fraction of sp³-hybridized carbons (Fsp3) is 0.545. The van der Waals surface area contributed by atoms with E-state index in [4.69, 9.17) is 5.11 Å². The number of nitrogens with one attached hydrogen (secondary N) is 2. The first-order chi connectivity index (χ1) is 20.4. The molecule has 42 heavy (non-hydrogen) atoms. The SMILES string of the molecule is CCN(C(=O)Cn1c(C(=O)NC2CCC(C(=O)NCCCCCCCCO)CC2)cc2sccc21)c1cccc(C)c1. The number of fused-ring (bicyclic) bond motifs is 1. The van der Waals surface area contributed by atoms with Gasteiger partial charge in [-0.25, -0.2) is 0 Å². The first kappa shape index (κ1) is 31.8. The summed E-state index contributed by atoms with van der Waals surface area (Å²) in [4.78, 5) is 41.4. The number of thiophene rings is 1. The molecule has 1 aliphatic rings. The molecule has 8 nitrogen and oxygen atoms in total. The topological polar surface area (TPSA) is 104 Å². The monoisotopic (exact) mass is 594 g/mol. The Kier molecular flexibility index (Phi) is 12.0. The Morgan fingerprint density at radius 1 is 1.00 bits per heavy atom. The maximum Gasteiger partial charge on any atom is 0.268 e. The summed E-state index contributed by atoms with van der Waals surface area (Å²) in [7, 11) is 0. The lowest BCUT2D eigenvalue weighted by molar-refractivity contribution is -0.126. The van der Waals surface area contributed by atoms with Crippen LogP contribution in [0, 0.1) is 12.8 Å². The molecule has 1 fully saturated rings. The van der Waals surface area contributed by atoms with Gasteiger partial charge in [0, 0.05) is 37.3 Å². The van der Waals surface area contributed by atoms with Gasteiger partial charge in [0.2, 0.25) is 11.8 Å². The van der Waals surface area contributed by atoms with Crippen molar-refractivity contribution in [2.75, 3.05) is 24.6 Å². The molecule has 0 bridgehead atoms. The molecule has 1 saturated carbocycles. The Hall–Kier alpha value is -3.17. The van der Waals surface area contributed by atoms with E-state index in [0.717, 1.165) is 85.7 Å². The summed E-state index contributed by atoms with van der Waals surface area (Å²) < 4.78 is 2.82. The van der Waals surface area contributed by atoms with E-state index in [1.54, 1.807) is 16.2 Å². The number of amides is 3. The first-order valence-corrected chi connectivity index (χ1v) is 16.4. The number of anilines is 1. The molecule has 4 rings (SSSR count). The Morgan fingerprint density at radius 2 is 1.74 bits per heavy atom. The number of hydrogen-bond acceptors (Lipinski definition) is 5. The average Bonchev–Trinajstić information content (AvgIpc) is 3.58. The summed E-state index contributed by atoms with van der Waals surface area (Å²) in [5, 5.41) is 17.1. The van der Waals surface area contributed by atoms with E-state index in [2.05, 4.69) is 10.6 Å². The number of unbranched alkanes of at least 4 members (excludes halogenated alkanes) is 5. The van der Waals surface area contributed by atoms with Crippen LogP contribution in [0.25, 0.3) is 10.2 Å². The van der Waals surface area contributed by atoms with E-state index < -0.39 is 0 Å². The molecule has 228 valence electrons. The Bertz CT molecular complexity index is 1320. The molecule has 0 atom stereocenters. The van der Waals surface area contributed by atoms with Gasteiger partial charge in [0.15, 0.2) is 0 Å². The minimum absolute atomic E-state index is 0.00354. The van der Waals surface area contributed by atoms with E-state index in [0.29, 0.717) is 18.8 Å². The second-order valence-electron chi connectivity index (χ2n) is 11.4. The predicted octanol–water partition coefficient (Wildman–Crippen LogP) is 5.80. The van der Waals surface area contributed by atoms with Crippen molar-refractivity contribution in [2.45, 2.75) is 90.6 Å². The molecular formula is C33H46N4O4S. The van der Waals surface area contributed by atoms with Crippen molar-refractivity contribution >= 4 is 45.0 Å². The molecule has 3 aromatic rings. The normalized spacial score (nSPS) is 16.8.